The lowest BCUT2D eigenvalue weighted by molar-refractivity contribution is -0.384. The molecule has 1 N–H and O–H groups in total. The number of nitro groups is 1. The second-order valence-electron chi connectivity index (χ2n) is 5.20. The van der Waals surface area contributed by atoms with Crippen molar-refractivity contribution in [2.45, 2.75) is 19.3 Å². The molecule has 6 nitrogen and oxygen atoms in total. The summed E-state index contributed by atoms with van der Waals surface area (Å²) in [6.45, 7) is 1.94. The van der Waals surface area contributed by atoms with Gasteiger partial charge in [0.05, 0.1) is 18.1 Å². The van der Waals surface area contributed by atoms with Crippen molar-refractivity contribution in [3.63, 3.8) is 0 Å². The Morgan fingerprint density at radius 2 is 1.96 bits per heavy atom. The number of carbonyl (C=O) groups excluding carboxylic acids is 1. The molecule has 0 radical (unpaired) electrons. The van der Waals surface area contributed by atoms with Crippen LogP contribution < -0.4 is 10.1 Å². The predicted octanol–water partition coefficient (Wildman–Crippen LogP) is 3.74. The van der Waals surface area contributed by atoms with Crippen molar-refractivity contribution in [2.75, 3.05) is 12.4 Å². The van der Waals surface area contributed by atoms with E-state index in [4.69, 9.17) is 4.74 Å². The minimum atomic E-state index is -0.543. The fourth-order valence-electron chi connectivity index (χ4n) is 2.27. The van der Waals surface area contributed by atoms with Gasteiger partial charge in [-0.2, -0.15) is 0 Å². The number of hydrogen-bond acceptors (Lipinski definition) is 4. The summed E-state index contributed by atoms with van der Waals surface area (Å²) < 4.78 is 4.97. The maximum absolute atomic E-state index is 12.2. The zero-order valence-corrected chi connectivity index (χ0v) is 13.0. The Labute approximate surface area is 134 Å². The van der Waals surface area contributed by atoms with E-state index in [0.29, 0.717) is 5.75 Å². The number of nitrogens with one attached hydrogen (secondary N) is 1. The van der Waals surface area contributed by atoms with E-state index in [1.54, 1.807) is 6.07 Å². The third-order valence-electron chi connectivity index (χ3n) is 3.54. The van der Waals surface area contributed by atoms with E-state index < -0.39 is 4.92 Å². The van der Waals surface area contributed by atoms with Gasteiger partial charge >= 0.3 is 0 Å². The number of carbonyl (C=O) groups is 1. The lowest BCUT2D eigenvalue weighted by atomic mass is 9.97. The van der Waals surface area contributed by atoms with Crippen molar-refractivity contribution in [3.8, 4) is 5.75 Å². The molecule has 0 heterocycles. The van der Waals surface area contributed by atoms with Crippen LogP contribution in [-0.2, 0) is 4.79 Å². The maximum Gasteiger partial charge on any atom is 0.296 e. The first-order valence-corrected chi connectivity index (χ1v) is 7.18. The third kappa shape index (κ3) is 4.29. The first kappa shape index (κ1) is 16.5. The van der Waals surface area contributed by atoms with Crippen LogP contribution in [0.4, 0.5) is 11.4 Å². The molecule has 0 aliphatic rings. The molecular formula is C17H18N2O4. The average molecular weight is 314 g/mol. The summed E-state index contributed by atoms with van der Waals surface area (Å²) in [5, 5.41) is 13.7. The van der Waals surface area contributed by atoms with Crippen LogP contribution in [0.15, 0.2) is 48.5 Å². The van der Waals surface area contributed by atoms with Gasteiger partial charge in [-0.25, -0.2) is 0 Å². The molecule has 0 fully saturated rings. The molecule has 0 aromatic heterocycles. The van der Waals surface area contributed by atoms with Crippen molar-refractivity contribution in [3.05, 3.63) is 64.2 Å². The van der Waals surface area contributed by atoms with Gasteiger partial charge in [-0.1, -0.05) is 37.3 Å². The molecular weight excluding hydrogens is 296 g/mol. The number of benzene rings is 2. The normalized spacial score (nSPS) is 11.6. The highest BCUT2D eigenvalue weighted by Gasteiger charge is 2.18. The molecule has 0 spiro atoms. The molecule has 6 heteroatoms. The van der Waals surface area contributed by atoms with Gasteiger partial charge in [-0.15, -0.1) is 0 Å². The number of ether oxygens (including phenoxy) is 1. The van der Waals surface area contributed by atoms with Crippen LogP contribution in [0.5, 0.6) is 5.75 Å². The first-order valence-electron chi connectivity index (χ1n) is 7.18. The summed E-state index contributed by atoms with van der Waals surface area (Å²) in [5.74, 6) is 0.121. The van der Waals surface area contributed by atoms with E-state index in [0.717, 1.165) is 5.56 Å². The predicted molar refractivity (Wildman–Crippen MR) is 87.8 cm³/mol. The summed E-state index contributed by atoms with van der Waals surface area (Å²) in [5.41, 5.74) is 1.03. The van der Waals surface area contributed by atoms with E-state index >= 15 is 0 Å². The minimum absolute atomic E-state index is 0.0218. The Hall–Kier alpha value is -2.89. The van der Waals surface area contributed by atoms with Crippen LogP contribution >= 0.6 is 0 Å². The molecule has 0 aliphatic carbocycles. The van der Waals surface area contributed by atoms with Gasteiger partial charge in [0.2, 0.25) is 5.91 Å². The molecule has 0 saturated heterocycles. The van der Waals surface area contributed by atoms with Crippen LogP contribution in [0.25, 0.3) is 0 Å². The molecule has 0 bridgehead atoms. The lowest BCUT2D eigenvalue weighted by Gasteiger charge is -2.12. The highest BCUT2D eigenvalue weighted by atomic mass is 16.6. The van der Waals surface area contributed by atoms with Crippen molar-refractivity contribution in [1.82, 2.24) is 0 Å². The third-order valence-corrected chi connectivity index (χ3v) is 3.54. The Bertz CT molecular complexity index is 701. The monoisotopic (exact) mass is 314 g/mol. The van der Waals surface area contributed by atoms with E-state index in [2.05, 4.69) is 5.32 Å². The Kier molecular flexibility index (Phi) is 5.30. The molecule has 23 heavy (non-hydrogen) atoms. The summed E-state index contributed by atoms with van der Waals surface area (Å²) in [7, 11) is 1.43. The second-order valence-corrected chi connectivity index (χ2v) is 5.20. The van der Waals surface area contributed by atoms with Gasteiger partial charge in [0.1, 0.15) is 11.4 Å². The van der Waals surface area contributed by atoms with Crippen molar-refractivity contribution in [2.24, 2.45) is 0 Å². The smallest absolute Gasteiger partial charge is 0.296 e. The number of methoxy groups -OCH3 is 1. The zero-order chi connectivity index (χ0) is 16.8. The first-order chi connectivity index (χ1) is 11.0. The number of rotatable bonds is 6. The largest absolute Gasteiger partial charge is 0.496 e. The molecule has 2 aromatic rings. The zero-order valence-electron chi connectivity index (χ0n) is 13.0. The molecule has 2 aromatic carbocycles. The average Bonchev–Trinajstić information content (AvgIpc) is 2.55. The number of nitrogens with zero attached hydrogens (tertiary/aromatic N) is 1. The van der Waals surface area contributed by atoms with Gasteiger partial charge in [0, 0.05) is 6.42 Å². The van der Waals surface area contributed by atoms with E-state index in [-0.39, 0.29) is 29.6 Å². The van der Waals surface area contributed by atoms with Crippen molar-refractivity contribution < 1.29 is 14.5 Å². The van der Waals surface area contributed by atoms with Crippen LogP contribution in [0.2, 0.25) is 0 Å². The van der Waals surface area contributed by atoms with Gasteiger partial charge in [-0.3, -0.25) is 14.9 Å². The summed E-state index contributed by atoms with van der Waals surface area (Å²) in [6, 6.07) is 14.0. The summed E-state index contributed by atoms with van der Waals surface area (Å²) >= 11 is 0. The lowest BCUT2D eigenvalue weighted by Crippen LogP contribution is -2.15. The van der Waals surface area contributed by atoms with Gasteiger partial charge in [0.15, 0.2) is 0 Å². The van der Waals surface area contributed by atoms with Crippen LogP contribution in [0.3, 0.4) is 0 Å². The Morgan fingerprint density at radius 1 is 1.26 bits per heavy atom. The van der Waals surface area contributed by atoms with Crippen molar-refractivity contribution in [1.29, 1.82) is 0 Å². The van der Waals surface area contributed by atoms with Crippen molar-refractivity contribution >= 4 is 17.3 Å². The van der Waals surface area contributed by atoms with Gasteiger partial charge < -0.3 is 10.1 Å². The summed E-state index contributed by atoms with van der Waals surface area (Å²) in [4.78, 5) is 22.7. The van der Waals surface area contributed by atoms with E-state index in [9.17, 15) is 14.9 Å². The number of amides is 1. The van der Waals surface area contributed by atoms with Crippen LogP contribution in [0, 0.1) is 10.1 Å². The topological polar surface area (TPSA) is 81.5 Å². The van der Waals surface area contributed by atoms with Gasteiger partial charge in [0.25, 0.3) is 5.69 Å². The fourth-order valence-corrected chi connectivity index (χ4v) is 2.27. The maximum atomic E-state index is 12.2. The van der Waals surface area contributed by atoms with Crippen LogP contribution in [-0.4, -0.2) is 17.9 Å². The summed E-state index contributed by atoms with van der Waals surface area (Å²) in [6.07, 6.45) is 0.243. The van der Waals surface area contributed by atoms with E-state index in [1.807, 2.05) is 37.3 Å². The Morgan fingerprint density at radius 3 is 2.57 bits per heavy atom. The number of hydrogen-bond donors (Lipinski definition) is 1. The minimum Gasteiger partial charge on any atom is -0.496 e. The molecule has 1 amide bonds. The Balaban J connectivity index is 2.10. The molecule has 0 aliphatic heterocycles. The van der Waals surface area contributed by atoms with Crippen LogP contribution in [0.1, 0.15) is 24.8 Å². The molecule has 1 atom stereocenters. The molecule has 0 unspecified atom stereocenters. The number of nitro benzene ring substituents is 1. The highest BCUT2D eigenvalue weighted by molar-refractivity contribution is 5.93. The number of anilines is 1. The second kappa shape index (κ2) is 7.40. The molecule has 120 valence electrons. The van der Waals surface area contributed by atoms with E-state index in [1.165, 1.54) is 19.2 Å². The SMILES string of the molecule is COc1ccc(NC(=O)C[C@H](C)c2ccccc2)c([N+](=O)[O-])c1. The fraction of sp³-hybridized carbons (Fsp3) is 0.235. The molecule has 0 saturated carbocycles. The quantitative estimate of drug-likeness (QED) is 0.650. The van der Waals surface area contributed by atoms with Gasteiger partial charge in [-0.05, 0) is 23.6 Å². The molecule has 2 rings (SSSR count). The highest BCUT2D eigenvalue weighted by Crippen LogP contribution is 2.29. The standard InChI is InChI=1S/C17H18N2O4/c1-12(13-6-4-3-5-7-13)10-17(20)18-15-9-8-14(23-2)11-16(15)19(21)22/h3-9,11-12H,10H2,1-2H3,(H,18,20)/t12-/m0/s1.